The Bertz CT molecular complexity index is 789. The minimum Gasteiger partial charge on any atom is -0.383 e. The quantitative estimate of drug-likeness (QED) is 0.739. The molecule has 0 amide bonds. The lowest BCUT2D eigenvalue weighted by atomic mass is 10.5. The number of hydrogen-bond donors (Lipinski definition) is 1. The number of ether oxygens (including phenoxy) is 1. The fourth-order valence-corrected chi connectivity index (χ4v) is 2.70. The Balaban J connectivity index is 2.63. The topological polar surface area (TPSA) is 99.0 Å². The predicted octanol–water partition coefficient (Wildman–Crippen LogP) is -0.249. The summed E-state index contributed by atoms with van der Waals surface area (Å²) in [4.78, 5) is 41.4. The average molecular weight is 312 g/mol. The van der Waals surface area contributed by atoms with Crippen molar-refractivity contribution in [3.8, 4) is 0 Å². The molecule has 2 rings (SSSR count). The van der Waals surface area contributed by atoms with Crippen LogP contribution in [0.2, 0.25) is 0 Å². The Morgan fingerprint density at radius 1 is 1.43 bits per heavy atom. The summed E-state index contributed by atoms with van der Waals surface area (Å²) in [6.07, 6.45) is 0. The molecule has 0 radical (unpaired) electrons. The number of carbonyl (C=O) groups excluding carboxylic acids is 1. The maximum Gasteiger partial charge on any atom is 0.329 e. The first-order valence-corrected chi connectivity index (χ1v) is 7.25. The van der Waals surface area contributed by atoms with Gasteiger partial charge in [-0.2, -0.15) is 0 Å². The van der Waals surface area contributed by atoms with Gasteiger partial charge >= 0.3 is 5.69 Å². The van der Waals surface area contributed by atoms with Crippen molar-refractivity contribution >= 4 is 28.7 Å². The van der Waals surface area contributed by atoms with Gasteiger partial charge in [0.25, 0.3) is 5.56 Å². The van der Waals surface area contributed by atoms with Crippen molar-refractivity contribution in [2.75, 3.05) is 19.5 Å². The fourth-order valence-electron chi connectivity index (χ4n) is 1.88. The average Bonchev–Trinajstić information content (AvgIpc) is 2.79. The van der Waals surface area contributed by atoms with E-state index in [0.29, 0.717) is 29.5 Å². The van der Waals surface area contributed by atoms with Crippen LogP contribution in [0.4, 0.5) is 0 Å². The number of aryl methyl sites for hydroxylation is 1. The molecular weight excluding hydrogens is 296 g/mol. The third-order valence-corrected chi connectivity index (χ3v) is 4.02. The van der Waals surface area contributed by atoms with Gasteiger partial charge in [0.2, 0.25) is 0 Å². The molecule has 0 bridgehead atoms. The standard InChI is InChI=1S/C12H16N4O4S/c1-7(17)6-21-12-13-9-8(16(12)4-5-20-3)10(18)14-11(19)15(9)2/h4-6H2,1-3H3,(H,14,18,19). The Labute approximate surface area is 124 Å². The molecule has 114 valence electrons. The number of H-pyrrole nitrogens is 1. The Hall–Kier alpha value is -1.87. The minimum atomic E-state index is -0.521. The van der Waals surface area contributed by atoms with E-state index in [1.807, 2.05) is 0 Å². The number of hydrogen-bond acceptors (Lipinski definition) is 6. The van der Waals surface area contributed by atoms with Crippen LogP contribution >= 0.6 is 11.8 Å². The van der Waals surface area contributed by atoms with E-state index in [1.165, 1.54) is 30.3 Å². The van der Waals surface area contributed by atoms with Crippen molar-refractivity contribution in [2.45, 2.75) is 18.6 Å². The number of ketones is 1. The number of fused-ring (bicyclic) bond motifs is 1. The number of nitrogens with one attached hydrogen (secondary N) is 1. The summed E-state index contributed by atoms with van der Waals surface area (Å²) < 4.78 is 7.98. The molecule has 0 saturated carbocycles. The zero-order valence-electron chi connectivity index (χ0n) is 12.0. The molecule has 8 nitrogen and oxygen atoms in total. The molecule has 9 heteroatoms. The second-order valence-electron chi connectivity index (χ2n) is 4.52. The van der Waals surface area contributed by atoms with Gasteiger partial charge in [-0.05, 0) is 6.92 Å². The molecule has 0 unspecified atom stereocenters. The van der Waals surface area contributed by atoms with Gasteiger partial charge in [0, 0.05) is 20.7 Å². The maximum atomic E-state index is 12.0. The number of rotatable bonds is 6. The smallest absolute Gasteiger partial charge is 0.329 e. The van der Waals surface area contributed by atoms with Crippen molar-refractivity contribution in [1.82, 2.24) is 19.1 Å². The van der Waals surface area contributed by atoms with E-state index < -0.39 is 11.2 Å². The highest BCUT2D eigenvalue weighted by molar-refractivity contribution is 7.99. The summed E-state index contributed by atoms with van der Waals surface area (Å²) in [5, 5.41) is 0.518. The van der Waals surface area contributed by atoms with Crippen LogP contribution in [0, 0.1) is 0 Å². The summed E-state index contributed by atoms with van der Waals surface area (Å²) >= 11 is 1.23. The van der Waals surface area contributed by atoms with E-state index in [1.54, 1.807) is 11.7 Å². The molecule has 0 fully saturated rings. The van der Waals surface area contributed by atoms with Crippen molar-refractivity contribution in [2.24, 2.45) is 7.05 Å². The first kappa shape index (κ1) is 15.5. The summed E-state index contributed by atoms with van der Waals surface area (Å²) in [6.45, 7) is 2.29. The van der Waals surface area contributed by atoms with E-state index in [0.717, 1.165) is 0 Å². The van der Waals surface area contributed by atoms with E-state index in [4.69, 9.17) is 4.74 Å². The maximum absolute atomic E-state index is 12.0. The first-order chi connectivity index (χ1) is 9.95. The van der Waals surface area contributed by atoms with E-state index >= 15 is 0 Å². The van der Waals surface area contributed by atoms with Gasteiger partial charge in [0.05, 0.1) is 12.4 Å². The molecular formula is C12H16N4O4S. The van der Waals surface area contributed by atoms with Gasteiger partial charge in [-0.1, -0.05) is 11.8 Å². The van der Waals surface area contributed by atoms with Crippen molar-refractivity contribution in [3.05, 3.63) is 20.8 Å². The van der Waals surface area contributed by atoms with Crippen LogP contribution in [0.25, 0.3) is 11.2 Å². The summed E-state index contributed by atoms with van der Waals surface area (Å²) in [5.74, 6) is 0.260. The minimum absolute atomic E-state index is 0.00754. The molecule has 2 aromatic rings. The van der Waals surface area contributed by atoms with Crippen LogP contribution in [-0.4, -0.2) is 44.4 Å². The van der Waals surface area contributed by atoms with Gasteiger partial charge in [0.15, 0.2) is 16.3 Å². The van der Waals surface area contributed by atoms with Crippen molar-refractivity contribution in [1.29, 1.82) is 0 Å². The number of imidazole rings is 1. The number of aromatic nitrogens is 4. The number of methoxy groups -OCH3 is 1. The second-order valence-corrected chi connectivity index (χ2v) is 5.46. The van der Waals surface area contributed by atoms with Gasteiger partial charge in [-0.3, -0.25) is 19.1 Å². The Morgan fingerprint density at radius 2 is 2.14 bits per heavy atom. The van der Waals surface area contributed by atoms with Crippen molar-refractivity contribution < 1.29 is 9.53 Å². The number of nitrogens with zero attached hydrogens (tertiary/aromatic N) is 3. The van der Waals surface area contributed by atoms with Crippen LogP contribution < -0.4 is 11.2 Å². The molecule has 0 spiro atoms. The molecule has 0 aromatic carbocycles. The highest BCUT2D eigenvalue weighted by Gasteiger charge is 2.17. The first-order valence-electron chi connectivity index (χ1n) is 6.26. The van der Waals surface area contributed by atoms with Gasteiger partial charge in [-0.25, -0.2) is 9.78 Å². The molecule has 0 aliphatic rings. The zero-order chi connectivity index (χ0) is 15.6. The molecule has 0 atom stereocenters. The third kappa shape index (κ3) is 3.08. The third-order valence-electron chi connectivity index (χ3n) is 2.90. The summed E-state index contributed by atoms with van der Waals surface area (Å²) in [7, 11) is 3.09. The van der Waals surface area contributed by atoms with Crippen LogP contribution in [0.15, 0.2) is 14.7 Å². The van der Waals surface area contributed by atoms with Crippen LogP contribution in [0.5, 0.6) is 0 Å². The number of Topliss-reactive ketones (excluding diaryl/α,β-unsaturated/α-hetero) is 1. The van der Waals surface area contributed by atoms with Crippen molar-refractivity contribution in [3.63, 3.8) is 0 Å². The molecule has 2 aromatic heterocycles. The highest BCUT2D eigenvalue weighted by Crippen LogP contribution is 2.21. The molecule has 2 heterocycles. The predicted molar refractivity (Wildman–Crippen MR) is 78.9 cm³/mol. The monoisotopic (exact) mass is 312 g/mol. The van der Waals surface area contributed by atoms with E-state index in [-0.39, 0.29) is 11.5 Å². The lowest BCUT2D eigenvalue weighted by Crippen LogP contribution is -2.29. The Kier molecular flexibility index (Phi) is 4.63. The molecule has 21 heavy (non-hydrogen) atoms. The number of aromatic amines is 1. The summed E-state index contributed by atoms with van der Waals surface area (Å²) in [5.41, 5.74) is -0.413. The molecule has 1 N–H and O–H groups in total. The second kappa shape index (κ2) is 6.27. The van der Waals surface area contributed by atoms with Crippen LogP contribution in [0.1, 0.15) is 6.92 Å². The lowest BCUT2D eigenvalue weighted by molar-refractivity contribution is -0.114. The fraction of sp³-hybridized carbons (Fsp3) is 0.500. The van der Waals surface area contributed by atoms with Gasteiger partial charge < -0.3 is 9.30 Å². The number of thioether (sulfide) groups is 1. The van der Waals surface area contributed by atoms with E-state index in [9.17, 15) is 14.4 Å². The molecule has 0 aliphatic heterocycles. The van der Waals surface area contributed by atoms with Gasteiger partial charge in [0.1, 0.15) is 5.78 Å². The lowest BCUT2D eigenvalue weighted by Gasteiger charge is -2.06. The van der Waals surface area contributed by atoms with Crippen LogP contribution in [0.3, 0.4) is 0 Å². The SMILES string of the molecule is COCCn1c(SCC(C)=O)nc2c1c(=O)[nH]c(=O)n2C. The highest BCUT2D eigenvalue weighted by atomic mass is 32.2. The molecule has 0 aliphatic carbocycles. The summed E-state index contributed by atoms with van der Waals surface area (Å²) in [6, 6.07) is 0. The zero-order valence-corrected chi connectivity index (χ0v) is 12.8. The Morgan fingerprint density at radius 3 is 2.76 bits per heavy atom. The largest absolute Gasteiger partial charge is 0.383 e. The van der Waals surface area contributed by atoms with E-state index in [2.05, 4.69) is 9.97 Å². The normalized spacial score (nSPS) is 11.2. The number of carbonyl (C=O) groups is 1. The van der Waals surface area contributed by atoms with Gasteiger partial charge in [-0.15, -0.1) is 0 Å². The van der Waals surface area contributed by atoms with Crippen LogP contribution in [-0.2, 0) is 23.1 Å². The molecule has 0 saturated heterocycles.